The number of benzene rings is 1. The molecular formula is C23H40N6O4. The quantitative estimate of drug-likeness (QED) is 0.350. The fourth-order valence-electron chi connectivity index (χ4n) is 2.82. The summed E-state index contributed by atoms with van der Waals surface area (Å²) in [6.45, 7) is 8.26. The molecule has 5 N–H and O–H groups in total. The van der Waals surface area contributed by atoms with Gasteiger partial charge in [0, 0.05) is 37.9 Å². The van der Waals surface area contributed by atoms with Crippen LogP contribution in [0.1, 0.15) is 39.2 Å². The molecule has 0 fully saturated rings. The molecule has 0 bridgehead atoms. The molecule has 0 unspecified atom stereocenters. The number of carbonyl (C=O) groups is 3. The Bertz CT molecular complexity index is 763. The van der Waals surface area contributed by atoms with E-state index in [-0.39, 0.29) is 24.1 Å². The van der Waals surface area contributed by atoms with E-state index in [1.165, 1.54) is 0 Å². The van der Waals surface area contributed by atoms with Crippen molar-refractivity contribution >= 4 is 23.7 Å². The van der Waals surface area contributed by atoms with Crippen molar-refractivity contribution in [3.8, 4) is 0 Å². The molecule has 0 aliphatic carbocycles. The summed E-state index contributed by atoms with van der Waals surface area (Å²) in [7, 11) is 5.46. The number of ether oxygens (including phenoxy) is 1. The van der Waals surface area contributed by atoms with Gasteiger partial charge >= 0.3 is 12.1 Å². The Hall–Kier alpha value is -2.85. The van der Waals surface area contributed by atoms with Gasteiger partial charge in [0.25, 0.3) is 0 Å². The van der Waals surface area contributed by atoms with Crippen LogP contribution in [-0.4, -0.2) is 80.2 Å². The second kappa shape index (κ2) is 13.6. The molecular weight excluding hydrogens is 424 g/mol. The topological polar surface area (TPSA) is 129 Å². The summed E-state index contributed by atoms with van der Waals surface area (Å²) in [5.41, 5.74) is 6.54. The van der Waals surface area contributed by atoms with Gasteiger partial charge in [-0.2, -0.15) is 0 Å². The van der Waals surface area contributed by atoms with Crippen molar-refractivity contribution < 1.29 is 19.1 Å². The third-order valence-corrected chi connectivity index (χ3v) is 5.45. The molecule has 0 saturated heterocycles. The van der Waals surface area contributed by atoms with Crippen LogP contribution in [0.4, 0.5) is 15.3 Å². The Kier molecular flexibility index (Phi) is 11.7. The summed E-state index contributed by atoms with van der Waals surface area (Å²) in [4.78, 5) is 39.1. The van der Waals surface area contributed by atoms with Crippen LogP contribution in [-0.2, 0) is 16.1 Å². The highest BCUT2D eigenvalue weighted by molar-refractivity contribution is 5.94. The van der Waals surface area contributed by atoms with Gasteiger partial charge in [0.05, 0.1) is 6.04 Å². The van der Waals surface area contributed by atoms with E-state index < -0.39 is 12.1 Å². The molecule has 33 heavy (non-hydrogen) atoms. The predicted molar refractivity (Wildman–Crippen MR) is 130 cm³/mol. The van der Waals surface area contributed by atoms with Crippen LogP contribution in [0.2, 0.25) is 0 Å². The Balaban J connectivity index is 2.45. The van der Waals surface area contributed by atoms with Gasteiger partial charge in [0.1, 0.15) is 6.61 Å². The normalized spacial score (nSPS) is 12.2. The minimum atomic E-state index is -0.578. The summed E-state index contributed by atoms with van der Waals surface area (Å²) in [5, 5.41) is 8.33. The summed E-state index contributed by atoms with van der Waals surface area (Å²) < 4.78 is 5.39. The van der Waals surface area contributed by atoms with Crippen LogP contribution < -0.4 is 21.7 Å². The van der Waals surface area contributed by atoms with Gasteiger partial charge in [-0.3, -0.25) is 9.69 Å². The molecule has 0 saturated carbocycles. The molecule has 1 aromatic carbocycles. The smallest absolute Gasteiger partial charge is 0.409 e. The Labute approximate surface area is 197 Å². The van der Waals surface area contributed by atoms with Crippen LogP contribution in [0, 0.1) is 0 Å². The fraction of sp³-hybridized carbons (Fsp3) is 0.609. The number of nitrogens with two attached hydrogens (primary N) is 1. The van der Waals surface area contributed by atoms with Crippen molar-refractivity contribution in [1.82, 2.24) is 20.4 Å². The van der Waals surface area contributed by atoms with Crippen molar-refractivity contribution in [2.75, 3.05) is 46.1 Å². The largest absolute Gasteiger partial charge is 0.445 e. The fourth-order valence-corrected chi connectivity index (χ4v) is 2.82. The molecule has 1 rings (SSSR count). The molecule has 10 heteroatoms. The minimum Gasteiger partial charge on any atom is -0.445 e. The average molecular weight is 465 g/mol. The summed E-state index contributed by atoms with van der Waals surface area (Å²) in [6, 6.07) is 6.18. The van der Waals surface area contributed by atoms with Gasteiger partial charge < -0.3 is 31.3 Å². The lowest BCUT2D eigenvalue weighted by atomic mass is 10.1. The highest BCUT2D eigenvalue weighted by Crippen LogP contribution is 2.13. The Morgan fingerprint density at radius 1 is 1.09 bits per heavy atom. The van der Waals surface area contributed by atoms with Gasteiger partial charge in [-0.1, -0.05) is 12.1 Å². The maximum atomic E-state index is 12.5. The van der Waals surface area contributed by atoms with Crippen molar-refractivity contribution in [1.29, 1.82) is 0 Å². The number of urea groups is 1. The molecule has 0 aliphatic heterocycles. The van der Waals surface area contributed by atoms with E-state index in [9.17, 15) is 14.4 Å². The highest BCUT2D eigenvalue weighted by Gasteiger charge is 2.19. The second-order valence-electron chi connectivity index (χ2n) is 9.03. The monoisotopic (exact) mass is 464 g/mol. The Morgan fingerprint density at radius 2 is 1.73 bits per heavy atom. The lowest BCUT2D eigenvalue weighted by Gasteiger charge is -2.33. The maximum Gasteiger partial charge on any atom is 0.409 e. The first-order valence-electron chi connectivity index (χ1n) is 11.1. The van der Waals surface area contributed by atoms with Crippen LogP contribution >= 0.6 is 0 Å². The number of rotatable bonds is 12. The summed E-state index contributed by atoms with van der Waals surface area (Å²) in [5.74, 6) is -0.169. The third-order valence-electron chi connectivity index (χ3n) is 5.45. The zero-order valence-corrected chi connectivity index (χ0v) is 20.7. The molecule has 0 radical (unpaired) electrons. The number of likely N-dealkylation sites (N-methyl/N-ethyl adjacent to an activating group) is 3. The number of hydrogen-bond donors (Lipinski definition) is 4. The molecule has 4 amide bonds. The van der Waals surface area contributed by atoms with Gasteiger partial charge in [-0.25, -0.2) is 9.59 Å². The van der Waals surface area contributed by atoms with Gasteiger partial charge in [0.15, 0.2) is 0 Å². The van der Waals surface area contributed by atoms with E-state index >= 15 is 0 Å². The number of carbonyl (C=O) groups excluding carboxylic acids is 3. The number of nitrogens with zero attached hydrogens (tertiary/aromatic N) is 2. The maximum absolute atomic E-state index is 12.5. The van der Waals surface area contributed by atoms with Gasteiger partial charge in [-0.15, -0.1) is 0 Å². The van der Waals surface area contributed by atoms with Gasteiger partial charge in [-0.05, 0) is 65.4 Å². The molecule has 10 nitrogen and oxygen atoms in total. The molecule has 0 aliphatic rings. The van der Waals surface area contributed by atoms with E-state index in [4.69, 9.17) is 10.5 Å². The summed E-state index contributed by atoms with van der Waals surface area (Å²) in [6.07, 6.45) is 0.792. The molecule has 0 spiro atoms. The molecule has 0 aromatic heterocycles. The number of hydrogen-bond acceptors (Lipinski definition) is 6. The predicted octanol–water partition coefficient (Wildman–Crippen LogP) is 1.96. The number of nitrogens with one attached hydrogen (secondary N) is 3. The van der Waals surface area contributed by atoms with E-state index in [1.807, 2.05) is 7.05 Å². The lowest BCUT2D eigenvalue weighted by Crippen LogP contribution is -2.43. The van der Waals surface area contributed by atoms with E-state index in [0.717, 1.165) is 12.1 Å². The zero-order chi connectivity index (χ0) is 25.0. The molecule has 0 heterocycles. The first-order chi connectivity index (χ1) is 15.4. The number of primary amides is 1. The van der Waals surface area contributed by atoms with Gasteiger partial charge in [0.2, 0.25) is 5.91 Å². The van der Waals surface area contributed by atoms with Crippen LogP contribution in [0.5, 0.6) is 0 Å². The molecule has 1 atom stereocenters. The SMILES string of the molecule is CN[C@@H](CCCNC(N)=O)C(=O)Nc1ccc(COC(=O)N(C)CCN(C)C(C)(C)C)cc1. The van der Waals surface area contributed by atoms with E-state index in [1.54, 1.807) is 43.3 Å². The number of amides is 4. The standard InChI is InChI=1S/C23H40N6O4/c1-23(2,3)29(6)15-14-28(5)22(32)33-16-17-9-11-18(12-10-17)27-20(30)19(25-4)8-7-13-26-21(24)31/h9-12,19,25H,7-8,13-16H2,1-6H3,(H,27,30)(H3,24,26,31)/t19-/m0/s1. The second-order valence-corrected chi connectivity index (χ2v) is 9.03. The minimum absolute atomic E-state index is 0.0389. The molecule has 1 aromatic rings. The number of anilines is 1. The van der Waals surface area contributed by atoms with Crippen molar-refractivity contribution in [2.24, 2.45) is 5.73 Å². The first-order valence-corrected chi connectivity index (χ1v) is 11.1. The lowest BCUT2D eigenvalue weighted by molar-refractivity contribution is -0.118. The summed E-state index contributed by atoms with van der Waals surface area (Å²) >= 11 is 0. The average Bonchev–Trinajstić information content (AvgIpc) is 2.75. The Morgan fingerprint density at radius 3 is 2.27 bits per heavy atom. The zero-order valence-electron chi connectivity index (χ0n) is 20.7. The highest BCUT2D eigenvalue weighted by atomic mass is 16.6. The van der Waals surface area contributed by atoms with Crippen LogP contribution in [0.3, 0.4) is 0 Å². The van der Waals surface area contributed by atoms with Crippen molar-refractivity contribution in [2.45, 2.75) is 51.8 Å². The first kappa shape index (κ1) is 28.2. The third kappa shape index (κ3) is 11.0. The molecule has 186 valence electrons. The van der Waals surface area contributed by atoms with E-state index in [2.05, 4.69) is 41.6 Å². The van der Waals surface area contributed by atoms with Crippen molar-refractivity contribution in [3.63, 3.8) is 0 Å². The van der Waals surface area contributed by atoms with Crippen LogP contribution in [0.25, 0.3) is 0 Å². The van der Waals surface area contributed by atoms with Crippen molar-refractivity contribution in [3.05, 3.63) is 29.8 Å². The van der Waals surface area contributed by atoms with Crippen LogP contribution in [0.15, 0.2) is 24.3 Å². The van der Waals surface area contributed by atoms with E-state index in [0.29, 0.717) is 31.6 Å².